The number of ether oxygens (including phenoxy) is 1. The Labute approximate surface area is 184 Å². The summed E-state index contributed by atoms with van der Waals surface area (Å²) in [5, 5.41) is 2.01. The van der Waals surface area contributed by atoms with Crippen molar-refractivity contribution in [3.8, 4) is 0 Å². The molecule has 0 aliphatic heterocycles. The lowest BCUT2D eigenvalue weighted by Gasteiger charge is -2.23. The Morgan fingerprint density at radius 1 is 1.03 bits per heavy atom. The van der Waals surface area contributed by atoms with E-state index in [1.54, 1.807) is 11.3 Å². The largest absolute Gasteiger partial charge is 0.458 e. The van der Waals surface area contributed by atoms with Gasteiger partial charge in [-0.1, -0.05) is 60.7 Å². The normalized spacial score (nSPS) is 12.3. The molecule has 0 radical (unpaired) electrons. The van der Waals surface area contributed by atoms with Gasteiger partial charge in [0.1, 0.15) is 5.60 Å². The molecule has 5 heteroatoms. The summed E-state index contributed by atoms with van der Waals surface area (Å²) in [6.07, 6.45) is 0.494. The predicted molar refractivity (Wildman–Crippen MR) is 124 cm³/mol. The lowest BCUT2D eigenvalue weighted by Crippen LogP contribution is -2.33. The Hall–Kier alpha value is -2.24. The van der Waals surface area contributed by atoms with Gasteiger partial charge in [-0.3, -0.25) is 4.99 Å². The van der Waals surface area contributed by atoms with E-state index in [4.69, 9.17) is 9.73 Å². The minimum absolute atomic E-state index is 0.314. The van der Waals surface area contributed by atoms with Crippen molar-refractivity contribution in [3.63, 3.8) is 0 Å². The molecule has 1 unspecified atom stereocenters. The zero-order chi connectivity index (χ0) is 20.9. The summed E-state index contributed by atoms with van der Waals surface area (Å²) in [6, 6.07) is 21.3. The third-order valence-electron chi connectivity index (χ3n) is 4.07. The van der Waals surface area contributed by atoms with E-state index in [1.807, 2.05) is 92.9 Å². The number of nitrogens with zero attached hydrogens (tertiary/aromatic N) is 1. The Bertz CT molecular complexity index is 933. The zero-order valence-electron chi connectivity index (χ0n) is 16.8. The van der Waals surface area contributed by atoms with Gasteiger partial charge in [0.2, 0.25) is 0 Å². The van der Waals surface area contributed by atoms with Gasteiger partial charge in [-0.2, -0.15) is 0 Å². The highest BCUT2D eigenvalue weighted by Gasteiger charge is 2.26. The van der Waals surface area contributed by atoms with Crippen LogP contribution in [0.5, 0.6) is 0 Å². The van der Waals surface area contributed by atoms with Crippen molar-refractivity contribution in [2.24, 2.45) is 4.99 Å². The second-order valence-corrected chi connectivity index (χ2v) is 9.61. The molecule has 1 heterocycles. The molecule has 150 valence electrons. The molecule has 0 aliphatic carbocycles. The van der Waals surface area contributed by atoms with Crippen LogP contribution < -0.4 is 0 Å². The van der Waals surface area contributed by atoms with Crippen molar-refractivity contribution in [1.82, 2.24) is 0 Å². The molecule has 1 aromatic heterocycles. The molecule has 0 saturated heterocycles. The van der Waals surface area contributed by atoms with Gasteiger partial charge in [0.05, 0.1) is 5.71 Å². The van der Waals surface area contributed by atoms with Crippen LogP contribution in [0.1, 0.15) is 36.8 Å². The number of carbonyl (C=O) groups is 1. The molecule has 29 heavy (non-hydrogen) atoms. The molecule has 0 spiro atoms. The lowest BCUT2D eigenvalue weighted by molar-refractivity contribution is -0.156. The SMILES string of the molecule is CC(C)(C)OC(=O)C(Cc1cc(Br)cs1)N=C(c1ccccc1)c1ccccc1. The first-order chi connectivity index (χ1) is 13.8. The van der Waals surface area contributed by atoms with Crippen LogP contribution in [0.3, 0.4) is 0 Å². The third kappa shape index (κ3) is 6.38. The smallest absolute Gasteiger partial charge is 0.331 e. The van der Waals surface area contributed by atoms with Gasteiger partial charge in [0.25, 0.3) is 0 Å². The highest BCUT2D eigenvalue weighted by atomic mass is 79.9. The van der Waals surface area contributed by atoms with Crippen LogP contribution >= 0.6 is 27.3 Å². The molecular formula is C24H24BrNO2S. The number of halogens is 1. The summed E-state index contributed by atoms with van der Waals surface area (Å²) in [5.41, 5.74) is 2.16. The maximum Gasteiger partial charge on any atom is 0.331 e. The van der Waals surface area contributed by atoms with E-state index >= 15 is 0 Å². The summed E-state index contributed by atoms with van der Waals surface area (Å²) in [6.45, 7) is 5.63. The van der Waals surface area contributed by atoms with Crippen LogP contribution in [0.25, 0.3) is 0 Å². The Balaban J connectivity index is 2.04. The van der Waals surface area contributed by atoms with Crippen LogP contribution in [0.15, 0.2) is 81.6 Å². The van der Waals surface area contributed by atoms with Gasteiger partial charge in [-0.05, 0) is 42.8 Å². The number of rotatable bonds is 6. The van der Waals surface area contributed by atoms with Crippen LogP contribution in [0.4, 0.5) is 0 Å². The van der Waals surface area contributed by atoms with Crippen LogP contribution in [-0.2, 0) is 16.0 Å². The molecular weight excluding hydrogens is 446 g/mol. The van der Waals surface area contributed by atoms with E-state index in [0.29, 0.717) is 6.42 Å². The Morgan fingerprint density at radius 3 is 2.03 bits per heavy atom. The zero-order valence-corrected chi connectivity index (χ0v) is 19.2. The summed E-state index contributed by atoms with van der Waals surface area (Å²) < 4.78 is 6.71. The number of hydrogen-bond donors (Lipinski definition) is 0. The van der Waals surface area contributed by atoms with Gasteiger partial charge in [0.15, 0.2) is 6.04 Å². The first kappa shape index (κ1) is 21.5. The second-order valence-electron chi connectivity index (χ2n) is 7.69. The summed E-state index contributed by atoms with van der Waals surface area (Å²) in [5.74, 6) is -0.314. The van der Waals surface area contributed by atoms with Gasteiger partial charge in [0, 0.05) is 32.3 Å². The van der Waals surface area contributed by atoms with Crippen molar-refractivity contribution in [2.45, 2.75) is 38.8 Å². The fraction of sp³-hybridized carbons (Fsp3) is 0.250. The van der Waals surface area contributed by atoms with Crippen molar-refractivity contribution < 1.29 is 9.53 Å². The van der Waals surface area contributed by atoms with Gasteiger partial charge in [-0.15, -0.1) is 11.3 Å². The quantitative estimate of drug-likeness (QED) is 0.313. The van der Waals surface area contributed by atoms with Gasteiger partial charge in [-0.25, -0.2) is 4.79 Å². The van der Waals surface area contributed by atoms with E-state index in [-0.39, 0.29) is 5.97 Å². The molecule has 0 amide bonds. The second kappa shape index (κ2) is 9.51. The van der Waals surface area contributed by atoms with Crippen molar-refractivity contribution in [2.75, 3.05) is 0 Å². The van der Waals surface area contributed by atoms with Gasteiger partial charge >= 0.3 is 5.97 Å². The average Bonchev–Trinajstić information content (AvgIpc) is 3.10. The fourth-order valence-corrected chi connectivity index (χ4v) is 4.36. The van der Waals surface area contributed by atoms with Crippen LogP contribution in [0.2, 0.25) is 0 Å². The molecule has 3 aromatic rings. The standard InChI is InChI=1S/C24H24BrNO2S/c1-24(2,3)28-23(27)21(15-20-14-19(25)16-29-20)26-22(17-10-6-4-7-11-17)18-12-8-5-9-13-18/h4-14,16,21H,15H2,1-3H3. The maximum atomic E-state index is 13.0. The van der Waals surface area contributed by atoms with Crippen molar-refractivity contribution in [1.29, 1.82) is 0 Å². The average molecular weight is 470 g/mol. The number of thiophene rings is 1. The first-order valence-electron chi connectivity index (χ1n) is 9.46. The number of esters is 1. The third-order valence-corrected chi connectivity index (χ3v) is 5.79. The molecule has 1 atom stereocenters. The van der Waals surface area contributed by atoms with E-state index < -0.39 is 11.6 Å². The number of benzene rings is 2. The van der Waals surface area contributed by atoms with E-state index in [0.717, 1.165) is 26.2 Å². The van der Waals surface area contributed by atoms with E-state index in [1.165, 1.54) is 0 Å². The van der Waals surface area contributed by atoms with E-state index in [2.05, 4.69) is 15.9 Å². The van der Waals surface area contributed by atoms with Gasteiger partial charge < -0.3 is 4.74 Å². The first-order valence-corrected chi connectivity index (χ1v) is 11.1. The summed E-state index contributed by atoms with van der Waals surface area (Å²) in [4.78, 5) is 19.1. The fourth-order valence-electron chi connectivity index (χ4n) is 2.87. The highest BCUT2D eigenvalue weighted by molar-refractivity contribution is 9.10. The summed E-state index contributed by atoms with van der Waals surface area (Å²) >= 11 is 5.10. The highest BCUT2D eigenvalue weighted by Crippen LogP contribution is 2.24. The Kier molecular flexibility index (Phi) is 7.04. The predicted octanol–water partition coefficient (Wildman–Crippen LogP) is 6.30. The maximum absolute atomic E-state index is 13.0. The minimum atomic E-state index is -0.629. The molecule has 2 aromatic carbocycles. The molecule has 0 fully saturated rings. The van der Waals surface area contributed by atoms with Crippen molar-refractivity contribution in [3.05, 3.63) is 92.6 Å². The molecule has 3 nitrogen and oxygen atoms in total. The van der Waals surface area contributed by atoms with Crippen LogP contribution in [0, 0.1) is 0 Å². The number of carbonyl (C=O) groups excluding carboxylic acids is 1. The molecule has 0 aliphatic rings. The number of hydrogen-bond acceptors (Lipinski definition) is 4. The molecule has 3 rings (SSSR count). The summed E-state index contributed by atoms with van der Waals surface area (Å²) in [7, 11) is 0. The molecule has 0 N–H and O–H groups in total. The molecule has 0 bridgehead atoms. The van der Waals surface area contributed by atoms with Crippen molar-refractivity contribution >= 4 is 38.9 Å². The number of aliphatic imine (C=N–C) groups is 1. The topological polar surface area (TPSA) is 38.7 Å². The molecule has 0 saturated carbocycles. The van der Waals surface area contributed by atoms with Crippen LogP contribution in [-0.4, -0.2) is 23.3 Å². The Morgan fingerprint density at radius 2 is 1.59 bits per heavy atom. The minimum Gasteiger partial charge on any atom is -0.458 e. The monoisotopic (exact) mass is 469 g/mol. The lowest BCUT2D eigenvalue weighted by atomic mass is 10.0. The van der Waals surface area contributed by atoms with E-state index in [9.17, 15) is 4.79 Å².